The van der Waals surface area contributed by atoms with Gasteiger partial charge in [0.1, 0.15) is 11.6 Å². The molecule has 2 aromatic carbocycles. The highest BCUT2D eigenvalue weighted by atomic mass is 16.6. The Labute approximate surface area is 202 Å². The second-order valence-electron chi connectivity index (χ2n) is 9.39. The third kappa shape index (κ3) is 5.14. The van der Waals surface area contributed by atoms with Crippen molar-refractivity contribution in [2.45, 2.75) is 51.7 Å². The first-order chi connectivity index (χ1) is 16.5. The van der Waals surface area contributed by atoms with Gasteiger partial charge in [-0.1, -0.05) is 30.0 Å². The molecule has 8 heteroatoms. The number of imide groups is 2. The Kier molecular flexibility index (Phi) is 6.27. The SMILES string of the molecule is CC(C)(C)OC(=O)Cc1ccc(C#Cc2cccc3c2C(=O)N(C2CCC(=O)NC2=O)C3=O)cc1. The van der Waals surface area contributed by atoms with Crippen molar-refractivity contribution in [3.05, 3.63) is 70.3 Å². The van der Waals surface area contributed by atoms with Crippen LogP contribution in [0, 0.1) is 11.8 Å². The Hall–Kier alpha value is -4.25. The number of benzene rings is 2. The second kappa shape index (κ2) is 9.18. The van der Waals surface area contributed by atoms with Crippen LogP contribution >= 0.6 is 0 Å². The van der Waals surface area contributed by atoms with E-state index in [1.807, 2.05) is 20.8 Å². The van der Waals surface area contributed by atoms with Gasteiger partial charge in [0.25, 0.3) is 11.8 Å². The molecule has 8 nitrogen and oxygen atoms in total. The number of hydrogen-bond donors (Lipinski definition) is 1. The average molecular weight is 472 g/mol. The van der Waals surface area contributed by atoms with E-state index in [2.05, 4.69) is 17.2 Å². The van der Waals surface area contributed by atoms with Crippen molar-refractivity contribution in [1.29, 1.82) is 0 Å². The predicted molar refractivity (Wildman–Crippen MR) is 125 cm³/mol. The maximum Gasteiger partial charge on any atom is 0.310 e. The van der Waals surface area contributed by atoms with E-state index in [4.69, 9.17) is 4.74 Å². The van der Waals surface area contributed by atoms with Crippen LogP contribution in [0.15, 0.2) is 42.5 Å². The molecule has 2 heterocycles. The summed E-state index contributed by atoms with van der Waals surface area (Å²) in [5.41, 5.74) is 1.59. The first-order valence-electron chi connectivity index (χ1n) is 11.2. The van der Waals surface area contributed by atoms with E-state index in [1.54, 1.807) is 36.4 Å². The third-order valence-corrected chi connectivity index (χ3v) is 5.53. The monoisotopic (exact) mass is 472 g/mol. The van der Waals surface area contributed by atoms with Gasteiger partial charge in [0.05, 0.1) is 17.5 Å². The van der Waals surface area contributed by atoms with Crippen molar-refractivity contribution >= 4 is 29.6 Å². The molecular weight excluding hydrogens is 448 g/mol. The van der Waals surface area contributed by atoms with E-state index in [-0.39, 0.29) is 36.4 Å². The van der Waals surface area contributed by atoms with Gasteiger partial charge in [-0.05, 0) is 57.0 Å². The highest BCUT2D eigenvalue weighted by molar-refractivity contribution is 6.24. The fourth-order valence-corrected chi connectivity index (χ4v) is 4.01. The quantitative estimate of drug-likeness (QED) is 0.417. The van der Waals surface area contributed by atoms with Gasteiger partial charge in [0.2, 0.25) is 11.8 Å². The smallest absolute Gasteiger partial charge is 0.310 e. The normalized spacial score (nSPS) is 17.5. The van der Waals surface area contributed by atoms with E-state index >= 15 is 0 Å². The van der Waals surface area contributed by atoms with Crippen LogP contribution in [0.2, 0.25) is 0 Å². The maximum atomic E-state index is 13.1. The summed E-state index contributed by atoms with van der Waals surface area (Å²) in [6.07, 6.45) is 0.289. The Morgan fingerprint density at radius 2 is 1.74 bits per heavy atom. The van der Waals surface area contributed by atoms with Crippen molar-refractivity contribution in [3.63, 3.8) is 0 Å². The molecule has 1 N–H and O–H groups in total. The minimum Gasteiger partial charge on any atom is -0.460 e. The number of fused-ring (bicyclic) bond motifs is 1. The molecule has 0 saturated carbocycles. The third-order valence-electron chi connectivity index (χ3n) is 5.53. The van der Waals surface area contributed by atoms with Crippen molar-refractivity contribution in [3.8, 4) is 11.8 Å². The van der Waals surface area contributed by atoms with Gasteiger partial charge >= 0.3 is 5.97 Å². The standard InChI is InChI=1S/C27H24N2O6/c1-27(2,3)35-22(31)15-17-9-7-16(8-10-17)11-12-18-5-4-6-19-23(18)26(34)29(25(19)33)20-13-14-21(30)28-24(20)32/h4-10,20H,13-15H2,1-3H3,(H,28,30,32). The van der Waals surface area contributed by atoms with Crippen LogP contribution in [0.4, 0.5) is 0 Å². The molecule has 0 aliphatic carbocycles. The summed E-state index contributed by atoms with van der Waals surface area (Å²) in [4.78, 5) is 62.7. The number of ether oxygens (including phenoxy) is 1. The Balaban J connectivity index is 1.53. The van der Waals surface area contributed by atoms with E-state index in [0.717, 1.165) is 10.5 Å². The molecule has 2 aliphatic rings. The average Bonchev–Trinajstić information content (AvgIpc) is 3.03. The van der Waals surface area contributed by atoms with Crippen molar-refractivity contribution < 1.29 is 28.7 Å². The highest BCUT2D eigenvalue weighted by Gasteiger charge is 2.45. The molecule has 0 aromatic heterocycles. The first kappa shape index (κ1) is 23.9. The zero-order valence-electron chi connectivity index (χ0n) is 19.6. The molecule has 2 aliphatic heterocycles. The van der Waals surface area contributed by atoms with Crippen LogP contribution in [0.1, 0.15) is 71.0 Å². The van der Waals surface area contributed by atoms with Crippen LogP contribution in [0.5, 0.6) is 0 Å². The first-order valence-corrected chi connectivity index (χ1v) is 11.2. The second-order valence-corrected chi connectivity index (χ2v) is 9.39. The largest absolute Gasteiger partial charge is 0.460 e. The highest BCUT2D eigenvalue weighted by Crippen LogP contribution is 2.29. The molecule has 1 unspecified atom stereocenters. The van der Waals surface area contributed by atoms with Crippen molar-refractivity contribution in [1.82, 2.24) is 10.2 Å². The molecule has 1 fully saturated rings. The number of carbonyl (C=O) groups is 5. The summed E-state index contributed by atoms with van der Waals surface area (Å²) >= 11 is 0. The Morgan fingerprint density at radius 1 is 1.03 bits per heavy atom. The summed E-state index contributed by atoms with van der Waals surface area (Å²) in [5, 5.41) is 2.18. The lowest BCUT2D eigenvalue weighted by molar-refractivity contribution is -0.154. The molecular formula is C27H24N2O6. The Morgan fingerprint density at radius 3 is 2.40 bits per heavy atom. The summed E-state index contributed by atoms with van der Waals surface area (Å²) in [7, 11) is 0. The fourth-order valence-electron chi connectivity index (χ4n) is 4.01. The number of nitrogens with zero attached hydrogens (tertiary/aromatic N) is 1. The number of carbonyl (C=O) groups excluding carboxylic acids is 5. The van der Waals surface area contributed by atoms with Crippen LogP contribution < -0.4 is 5.32 Å². The predicted octanol–water partition coefficient (Wildman–Crippen LogP) is 2.37. The van der Waals surface area contributed by atoms with Crippen LogP contribution in [-0.2, 0) is 25.5 Å². The van der Waals surface area contributed by atoms with Gasteiger partial charge in [-0.25, -0.2) is 0 Å². The van der Waals surface area contributed by atoms with E-state index in [0.29, 0.717) is 11.1 Å². The Bertz CT molecular complexity index is 1310. The van der Waals surface area contributed by atoms with Gasteiger partial charge < -0.3 is 4.74 Å². The fraction of sp³-hybridized carbons (Fsp3) is 0.296. The van der Waals surface area contributed by atoms with Gasteiger partial charge in [-0.3, -0.25) is 34.2 Å². The summed E-state index contributed by atoms with van der Waals surface area (Å²) in [6, 6.07) is 10.9. The number of piperidine rings is 1. The molecule has 4 amide bonds. The molecule has 0 radical (unpaired) electrons. The van der Waals surface area contributed by atoms with Crippen LogP contribution in [0.25, 0.3) is 0 Å². The zero-order valence-corrected chi connectivity index (χ0v) is 19.6. The number of rotatable bonds is 3. The van der Waals surface area contributed by atoms with E-state index in [1.165, 1.54) is 6.07 Å². The molecule has 2 aromatic rings. The van der Waals surface area contributed by atoms with Gasteiger partial charge in [-0.15, -0.1) is 0 Å². The summed E-state index contributed by atoms with van der Waals surface area (Å²) in [6.45, 7) is 5.44. The molecule has 4 rings (SSSR count). The van der Waals surface area contributed by atoms with Crippen LogP contribution in [-0.4, -0.2) is 46.1 Å². The molecule has 178 valence electrons. The van der Waals surface area contributed by atoms with Crippen molar-refractivity contribution in [2.24, 2.45) is 0 Å². The minimum atomic E-state index is -1.03. The van der Waals surface area contributed by atoms with Crippen molar-refractivity contribution in [2.75, 3.05) is 0 Å². The molecule has 35 heavy (non-hydrogen) atoms. The zero-order chi connectivity index (χ0) is 25.3. The summed E-state index contributed by atoms with van der Waals surface area (Å²) in [5.74, 6) is 3.36. The lowest BCUT2D eigenvalue weighted by Gasteiger charge is -2.27. The lowest BCUT2D eigenvalue weighted by Crippen LogP contribution is -2.54. The van der Waals surface area contributed by atoms with Gasteiger partial charge in [0, 0.05) is 17.5 Å². The topological polar surface area (TPSA) is 110 Å². The van der Waals surface area contributed by atoms with Gasteiger partial charge in [-0.2, -0.15) is 0 Å². The minimum absolute atomic E-state index is 0.0559. The van der Waals surface area contributed by atoms with E-state index in [9.17, 15) is 24.0 Å². The lowest BCUT2D eigenvalue weighted by atomic mass is 10.0. The van der Waals surface area contributed by atoms with E-state index < -0.39 is 35.3 Å². The summed E-state index contributed by atoms with van der Waals surface area (Å²) < 4.78 is 5.33. The number of amides is 4. The molecule has 1 atom stereocenters. The molecule has 0 spiro atoms. The maximum absolute atomic E-state index is 13.1. The number of hydrogen-bond acceptors (Lipinski definition) is 6. The molecule has 1 saturated heterocycles. The molecule has 0 bridgehead atoms. The van der Waals surface area contributed by atoms with Gasteiger partial charge in [0.15, 0.2) is 0 Å². The number of esters is 1. The number of nitrogens with one attached hydrogen (secondary N) is 1. The van der Waals surface area contributed by atoms with Crippen LogP contribution in [0.3, 0.4) is 0 Å².